The monoisotopic (exact) mass is 179 g/mol. The van der Waals surface area contributed by atoms with E-state index in [2.05, 4.69) is 11.1 Å². The molecule has 1 heterocycles. The van der Waals surface area contributed by atoms with E-state index >= 15 is 0 Å². The summed E-state index contributed by atoms with van der Waals surface area (Å²) in [7, 11) is 0. The van der Waals surface area contributed by atoms with E-state index in [0.717, 1.165) is 32.2 Å². The number of hydrogen-bond acceptors (Lipinski definition) is 3. The van der Waals surface area contributed by atoms with Gasteiger partial charge in [0.05, 0.1) is 0 Å². The van der Waals surface area contributed by atoms with Gasteiger partial charge in [-0.05, 0) is 12.8 Å². The minimum absolute atomic E-state index is 0.834. The van der Waals surface area contributed by atoms with Gasteiger partial charge in [0.15, 0.2) is 6.19 Å². The second-order valence-electron chi connectivity index (χ2n) is 4.06. The smallest absolute Gasteiger partial charge is 0.179 e. The number of piperazine rings is 1. The van der Waals surface area contributed by atoms with Crippen LogP contribution < -0.4 is 0 Å². The molecular formula is C10H17N3. The molecule has 0 unspecified atom stereocenters. The Bertz CT molecular complexity index is 195. The highest BCUT2D eigenvalue weighted by molar-refractivity contribution is 4.85. The first kappa shape index (κ1) is 8.83. The summed E-state index contributed by atoms with van der Waals surface area (Å²) in [6.07, 6.45) is 7.80. The SMILES string of the molecule is N#CN1CCN(C2CCCC2)CC1. The largest absolute Gasteiger partial charge is 0.308 e. The zero-order chi connectivity index (χ0) is 9.10. The van der Waals surface area contributed by atoms with E-state index in [4.69, 9.17) is 5.26 Å². The Hall–Kier alpha value is -0.750. The predicted molar refractivity (Wildman–Crippen MR) is 51.0 cm³/mol. The van der Waals surface area contributed by atoms with Crippen LogP contribution in [0.1, 0.15) is 25.7 Å². The van der Waals surface area contributed by atoms with Gasteiger partial charge in [-0.2, -0.15) is 5.26 Å². The maximum Gasteiger partial charge on any atom is 0.179 e. The quantitative estimate of drug-likeness (QED) is 0.563. The topological polar surface area (TPSA) is 30.3 Å². The van der Waals surface area contributed by atoms with Crippen LogP contribution in [0.2, 0.25) is 0 Å². The lowest BCUT2D eigenvalue weighted by Crippen LogP contribution is -2.47. The Labute approximate surface area is 79.9 Å². The first-order valence-electron chi connectivity index (χ1n) is 5.29. The lowest BCUT2D eigenvalue weighted by molar-refractivity contribution is 0.128. The zero-order valence-electron chi connectivity index (χ0n) is 8.08. The first-order chi connectivity index (χ1) is 6.40. The van der Waals surface area contributed by atoms with Crippen LogP contribution in [0.25, 0.3) is 0 Å². The average Bonchev–Trinajstić information content (AvgIpc) is 2.71. The fourth-order valence-electron chi connectivity index (χ4n) is 2.46. The van der Waals surface area contributed by atoms with Gasteiger partial charge in [0, 0.05) is 32.2 Å². The highest BCUT2D eigenvalue weighted by Gasteiger charge is 2.25. The van der Waals surface area contributed by atoms with Crippen LogP contribution in [-0.2, 0) is 0 Å². The molecule has 0 aromatic carbocycles. The second kappa shape index (κ2) is 3.97. The van der Waals surface area contributed by atoms with Gasteiger partial charge in [-0.3, -0.25) is 4.90 Å². The van der Waals surface area contributed by atoms with Gasteiger partial charge < -0.3 is 4.90 Å². The highest BCUT2D eigenvalue weighted by atomic mass is 15.3. The van der Waals surface area contributed by atoms with Crippen LogP contribution in [0.4, 0.5) is 0 Å². The summed E-state index contributed by atoms with van der Waals surface area (Å²) in [6, 6.07) is 0.834. The van der Waals surface area contributed by atoms with Crippen molar-refractivity contribution in [3.8, 4) is 6.19 Å². The van der Waals surface area contributed by atoms with Gasteiger partial charge in [-0.1, -0.05) is 12.8 Å². The maximum absolute atomic E-state index is 8.70. The Morgan fingerprint density at radius 1 is 1.00 bits per heavy atom. The standard InChI is InChI=1S/C10H17N3/c11-9-12-5-7-13(8-6-12)10-3-1-2-4-10/h10H,1-8H2. The van der Waals surface area contributed by atoms with Gasteiger partial charge in [-0.25, -0.2) is 0 Å². The van der Waals surface area contributed by atoms with Crippen LogP contribution in [0, 0.1) is 11.5 Å². The minimum atomic E-state index is 0.834. The van der Waals surface area contributed by atoms with Crippen molar-refractivity contribution in [3.63, 3.8) is 0 Å². The normalized spacial score (nSPS) is 26.2. The molecule has 0 amide bonds. The van der Waals surface area contributed by atoms with Crippen LogP contribution in [0.3, 0.4) is 0 Å². The van der Waals surface area contributed by atoms with Crippen LogP contribution in [0.5, 0.6) is 0 Å². The van der Waals surface area contributed by atoms with Crippen molar-refractivity contribution in [2.45, 2.75) is 31.7 Å². The fraction of sp³-hybridized carbons (Fsp3) is 0.900. The molecule has 0 bridgehead atoms. The third-order valence-corrected chi connectivity index (χ3v) is 3.30. The molecule has 0 aromatic heterocycles. The summed E-state index contributed by atoms with van der Waals surface area (Å²) in [6.45, 7) is 4.07. The highest BCUT2D eigenvalue weighted by Crippen LogP contribution is 2.23. The van der Waals surface area contributed by atoms with Crippen LogP contribution in [-0.4, -0.2) is 42.0 Å². The van der Waals surface area contributed by atoms with E-state index in [1.807, 2.05) is 4.90 Å². The number of rotatable bonds is 1. The molecular weight excluding hydrogens is 162 g/mol. The number of nitriles is 1. The molecule has 0 aromatic rings. The molecule has 2 aliphatic rings. The molecule has 0 radical (unpaired) electrons. The van der Waals surface area contributed by atoms with E-state index in [-0.39, 0.29) is 0 Å². The van der Waals surface area contributed by atoms with Crippen LogP contribution >= 0.6 is 0 Å². The predicted octanol–water partition coefficient (Wildman–Crippen LogP) is 1.03. The third-order valence-electron chi connectivity index (χ3n) is 3.30. The van der Waals surface area contributed by atoms with E-state index < -0.39 is 0 Å². The molecule has 1 aliphatic carbocycles. The number of nitrogens with zero attached hydrogens (tertiary/aromatic N) is 3. The molecule has 3 nitrogen and oxygen atoms in total. The van der Waals surface area contributed by atoms with Crippen molar-refractivity contribution < 1.29 is 0 Å². The van der Waals surface area contributed by atoms with Crippen LogP contribution in [0.15, 0.2) is 0 Å². The van der Waals surface area contributed by atoms with Gasteiger partial charge in [-0.15, -0.1) is 0 Å². The second-order valence-corrected chi connectivity index (χ2v) is 4.06. The summed E-state index contributed by atoms with van der Waals surface area (Å²) in [4.78, 5) is 4.44. The molecule has 13 heavy (non-hydrogen) atoms. The summed E-state index contributed by atoms with van der Waals surface area (Å²) < 4.78 is 0. The Morgan fingerprint density at radius 2 is 1.62 bits per heavy atom. The zero-order valence-corrected chi connectivity index (χ0v) is 8.08. The summed E-state index contributed by atoms with van der Waals surface area (Å²) in [5.74, 6) is 0. The van der Waals surface area contributed by atoms with E-state index in [0.29, 0.717) is 0 Å². The number of hydrogen-bond donors (Lipinski definition) is 0. The van der Waals surface area contributed by atoms with Crippen molar-refractivity contribution >= 4 is 0 Å². The molecule has 1 aliphatic heterocycles. The first-order valence-corrected chi connectivity index (χ1v) is 5.29. The lowest BCUT2D eigenvalue weighted by Gasteiger charge is -2.35. The summed E-state index contributed by atoms with van der Waals surface area (Å²) in [5.41, 5.74) is 0. The van der Waals surface area contributed by atoms with Gasteiger partial charge in [0.25, 0.3) is 0 Å². The molecule has 2 fully saturated rings. The molecule has 2 rings (SSSR count). The van der Waals surface area contributed by atoms with Crippen molar-refractivity contribution in [3.05, 3.63) is 0 Å². The third kappa shape index (κ3) is 1.94. The van der Waals surface area contributed by atoms with Crippen molar-refractivity contribution in [1.82, 2.24) is 9.80 Å². The van der Waals surface area contributed by atoms with E-state index in [1.54, 1.807) is 0 Å². The molecule has 0 atom stereocenters. The fourth-order valence-corrected chi connectivity index (χ4v) is 2.46. The van der Waals surface area contributed by atoms with E-state index in [9.17, 15) is 0 Å². The van der Waals surface area contributed by atoms with Gasteiger partial charge in [0.1, 0.15) is 0 Å². The molecule has 3 heteroatoms. The Morgan fingerprint density at radius 3 is 2.15 bits per heavy atom. The molecule has 1 saturated heterocycles. The van der Waals surface area contributed by atoms with Crippen molar-refractivity contribution in [2.75, 3.05) is 26.2 Å². The molecule has 0 spiro atoms. The summed E-state index contributed by atoms with van der Waals surface area (Å²) in [5, 5.41) is 8.70. The van der Waals surface area contributed by atoms with Crippen molar-refractivity contribution in [2.24, 2.45) is 0 Å². The minimum Gasteiger partial charge on any atom is -0.308 e. The Balaban J connectivity index is 1.81. The summed E-state index contributed by atoms with van der Waals surface area (Å²) >= 11 is 0. The molecule has 1 saturated carbocycles. The van der Waals surface area contributed by atoms with Crippen molar-refractivity contribution in [1.29, 1.82) is 5.26 Å². The average molecular weight is 179 g/mol. The van der Waals surface area contributed by atoms with E-state index in [1.165, 1.54) is 25.7 Å². The van der Waals surface area contributed by atoms with Gasteiger partial charge >= 0.3 is 0 Å². The van der Waals surface area contributed by atoms with Gasteiger partial charge in [0.2, 0.25) is 0 Å². The molecule has 72 valence electrons. The lowest BCUT2D eigenvalue weighted by atomic mass is 10.2. The Kier molecular flexibility index (Phi) is 2.70. The molecule has 0 N–H and O–H groups in total. The maximum atomic E-state index is 8.70.